The molecule has 1 atom stereocenters. The van der Waals surface area contributed by atoms with Crippen LogP contribution in [0.1, 0.15) is 33.6 Å². The lowest BCUT2D eigenvalue weighted by Gasteiger charge is -2.44. The number of rotatable bonds is 5. The van der Waals surface area contributed by atoms with Gasteiger partial charge in [-0.05, 0) is 25.0 Å². The summed E-state index contributed by atoms with van der Waals surface area (Å²) in [5, 5.41) is 0. The summed E-state index contributed by atoms with van der Waals surface area (Å²) in [6.07, 6.45) is 1.99. The summed E-state index contributed by atoms with van der Waals surface area (Å²) in [5.74, 6) is 1.17. The van der Waals surface area contributed by atoms with E-state index in [-0.39, 0.29) is 11.5 Å². The number of para-hydroxylation sites is 2. The summed E-state index contributed by atoms with van der Waals surface area (Å²) >= 11 is 5.12. The number of benzene rings is 1. The van der Waals surface area contributed by atoms with Gasteiger partial charge in [-0.3, -0.25) is 0 Å². The lowest BCUT2D eigenvalue weighted by Crippen LogP contribution is -2.52. The highest BCUT2D eigenvalue weighted by atomic mass is 32.1. The Morgan fingerprint density at radius 2 is 2.05 bits per heavy atom. The summed E-state index contributed by atoms with van der Waals surface area (Å²) in [5.41, 5.74) is 6.82. The number of hydrogen-bond acceptors (Lipinski definition) is 3. The number of nitrogens with two attached hydrogens (primary N) is 1. The minimum absolute atomic E-state index is 0.107. The Balaban J connectivity index is 2.32. The Labute approximate surface area is 127 Å². The fourth-order valence-corrected chi connectivity index (χ4v) is 2.78. The standard InChI is InChI=1S/C16H24N2OS/c1-4-16(5-2)11-18(10-12(3)15(17)20)13-8-6-7-9-14(13)19-16/h6-9,12H,4-5,10-11H2,1-3H3,(H2,17,20). The summed E-state index contributed by atoms with van der Waals surface area (Å²) in [4.78, 5) is 2.95. The van der Waals surface area contributed by atoms with E-state index in [0.717, 1.165) is 37.4 Å². The molecule has 1 aromatic carbocycles. The topological polar surface area (TPSA) is 38.5 Å². The van der Waals surface area contributed by atoms with E-state index in [0.29, 0.717) is 4.99 Å². The lowest BCUT2D eigenvalue weighted by molar-refractivity contribution is 0.0571. The number of thiocarbonyl (C=S) groups is 1. The van der Waals surface area contributed by atoms with Crippen LogP contribution >= 0.6 is 12.2 Å². The van der Waals surface area contributed by atoms with Crippen molar-refractivity contribution in [1.82, 2.24) is 0 Å². The van der Waals surface area contributed by atoms with Crippen LogP contribution < -0.4 is 15.4 Å². The van der Waals surface area contributed by atoms with Gasteiger partial charge in [0, 0.05) is 12.5 Å². The third-order valence-electron chi connectivity index (χ3n) is 4.28. The van der Waals surface area contributed by atoms with E-state index in [2.05, 4.69) is 31.7 Å². The molecule has 110 valence electrons. The molecule has 20 heavy (non-hydrogen) atoms. The van der Waals surface area contributed by atoms with Crippen LogP contribution in [0.5, 0.6) is 5.75 Å². The van der Waals surface area contributed by atoms with Crippen LogP contribution in [0.2, 0.25) is 0 Å². The molecule has 0 saturated carbocycles. The summed E-state index contributed by atoms with van der Waals surface area (Å²) < 4.78 is 6.28. The van der Waals surface area contributed by atoms with Crippen LogP contribution in [-0.2, 0) is 0 Å². The Morgan fingerprint density at radius 1 is 1.40 bits per heavy atom. The maximum Gasteiger partial charge on any atom is 0.143 e. The van der Waals surface area contributed by atoms with Gasteiger partial charge in [0.1, 0.15) is 11.4 Å². The molecule has 1 heterocycles. The van der Waals surface area contributed by atoms with Gasteiger partial charge in [0.25, 0.3) is 0 Å². The Kier molecular flexibility index (Phi) is 4.53. The second-order valence-corrected chi connectivity index (χ2v) is 6.12. The maximum atomic E-state index is 6.28. The van der Waals surface area contributed by atoms with Gasteiger partial charge in [0.2, 0.25) is 0 Å². The number of ether oxygens (including phenoxy) is 1. The first-order valence-electron chi connectivity index (χ1n) is 7.33. The molecule has 2 rings (SSSR count). The molecule has 1 aromatic rings. The third-order valence-corrected chi connectivity index (χ3v) is 4.68. The average Bonchev–Trinajstić information content (AvgIpc) is 2.46. The molecular formula is C16H24N2OS. The smallest absolute Gasteiger partial charge is 0.143 e. The summed E-state index contributed by atoms with van der Waals surface area (Å²) in [6.45, 7) is 8.20. The van der Waals surface area contributed by atoms with Crippen molar-refractivity contribution >= 4 is 22.9 Å². The number of hydrogen-bond donors (Lipinski definition) is 1. The van der Waals surface area contributed by atoms with E-state index in [4.69, 9.17) is 22.7 Å². The SMILES string of the molecule is CCC1(CC)CN(CC(C)C(N)=S)c2ccccc2O1. The molecule has 1 aliphatic rings. The van der Waals surface area contributed by atoms with E-state index in [1.807, 2.05) is 18.2 Å². The highest BCUT2D eigenvalue weighted by molar-refractivity contribution is 7.80. The molecule has 0 fully saturated rings. The van der Waals surface area contributed by atoms with Gasteiger partial charge in [-0.15, -0.1) is 0 Å². The second kappa shape index (κ2) is 6.00. The van der Waals surface area contributed by atoms with Gasteiger partial charge >= 0.3 is 0 Å². The molecule has 0 bridgehead atoms. The zero-order chi connectivity index (χ0) is 14.8. The van der Waals surface area contributed by atoms with Gasteiger partial charge < -0.3 is 15.4 Å². The largest absolute Gasteiger partial charge is 0.483 e. The number of anilines is 1. The normalized spacial score (nSPS) is 18.1. The van der Waals surface area contributed by atoms with Crippen LogP contribution in [0.4, 0.5) is 5.69 Å². The van der Waals surface area contributed by atoms with Crippen LogP contribution in [0.3, 0.4) is 0 Å². The fraction of sp³-hybridized carbons (Fsp3) is 0.562. The van der Waals surface area contributed by atoms with Crippen molar-refractivity contribution in [1.29, 1.82) is 0 Å². The first-order valence-corrected chi connectivity index (χ1v) is 7.74. The fourth-order valence-electron chi connectivity index (χ4n) is 2.70. The molecule has 3 nitrogen and oxygen atoms in total. The van der Waals surface area contributed by atoms with Crippen molar-refractivity contribution in [2.45, 2.75) is 39.2 Å². The molecular weight excluding hydrogens is 268 g/mol. The van der Waals surface area contributed by atoms with Gasteiger partial charge in [-0.25, -0.2) is 0 Å². The third kappa shape index (κ3) is 2.90. The number of nitrogens with zero attached hydrogens (tertiary/aromatic N) is 1. The van der Waals surface area contributed by atoms with E-state index in [1.165, 1.54) is 0 Å². The minimum Gasteiger partial charge on any atom is -0.483 e. The van der Waals surface area contributed by atoms with E-state index >= 15 is 0 Å². The van der Waals surface area contributed by atoms with Crippen molar-refractivity contribution in [3.05, 3.63) is 24.3 Å². The van der Waals surface area contributed by atoms with Gasteiger partial charge in [-0.2, -0.15) is 0 Å². The summed E-state index contributed by atoms with van der Waals surface area (Å²) in [6, 6.07) is 8.23. The molecule has 0 radical (unpaired) electrons. The first-order chi connectivity index (χ1) is 9.51. The molecule has 0 aliphatic carbocycles. The predicted molar refractivity (Wildman–Crippen MR) is 88.5 cm³/mol. The van der Waals surface area contributed by atoms with Crippen molar-refractivity contribution in [2.24, 2.45) is 11.7 Å². The Hall–Kier alpha value is -1.29. The highest BCUT2D eigenvalue weighted by Gasteiger charge is 2.37. The molecule has 4 heteroatoms. The zero-order valence-corrected chi connectivity index (χ0v) is 13.4. The van der Waals surface area contributed by atoms with E-state index in [1.54, 1.807) is 0 Å². The maximum absolute atomic E-state index is 6.28. The second-order valence-electron chi connectivity index (χ2n) is 5.64. The monoisotopic (exact) mass is 292 g/mol. The van der Waals surface area contributed by atoms with Crippen molar-refractivity contribution in [3.63, 3.8) is 0 Å². The van der Waals surface area contributed by atoms with Crippen LogP contribution in [0.15, 0.2) is 24.3 Å². The molecule has 0 amide bonds. The lowest BCUT2D eigenvalue weighted by atomic mass is 9.93. The number of fused-ring (bicyclic) bond motifs is 1. The molecule has 0 saturated heterocycles. The average molecular weight is 292 g/mol. The van der Waals surface area contributed by atoms with E-state index in [9.17, 15) is 0 Å². The van der Waals surface area contributed by atoms with Gasteiger partial charge in [0.15, 0.2) is 0 Å². The van der Waals surface area contributed by atoms with Crippen LogP contribution in [-0.4, -0.2) is 23.7 Å². The minimum atomic E-state index is -0.107. The first kappa shape index (κ1) is 15.1. The zero-order valence-electron chi connectivity index (χ0n) is 12.6. The molecule has 0 spiro atoms. The molecule has 1 unspecified atom stereocenters. The highest BCUT2D eigenvalue weighted by Crippen LogP contribution is 2.39. The van der Waals surface area contributed by atoms with Gasteiger partial charge in [-0.1, -0.05) is 45.1 Å². The quantitative estimate of drug-likeness (QED) is 0.845. The van der Waals surface area contributed by atoms with Gasteiger partial charge in [0.05, 0.1) is 17.2 Å². The van der Waals surface area contributed by atoms with Crippen molar-refractivity contribution in [3.8, 4) is 5.75 Å². The van der Waals surface area contributed by atoms with Crippen LogP contribution in [0, 0.1) is 5.92 Å². The molecule has 0 aromatic heterocycles. The predicted octanol–water partition coefficient (Wildman–Crippen LogP) is 3.37. The van der Waals surface area contributed by atoms with Crippen molar-refractivity contribution in [2.75, 3.05) is 18.0 Å². The summed E-state index contributed by atoms with van der Waals surface area (Å²) in [7, 11) is 0. The molecule has 1 aliphatic heterocycles. The van der Waals surface area contributed by atoms with Crippen molar-refractivity contribution < 1.29 is 4.74 Å². The van der Waals surface area contributed by atoms with E-state index < -0.39 is 0 Å². The Morgan fingerprint density at radius 3 is 2.65 bits per heavy atom. The Bertz CT molecular complexity index is 485. The molecule has 2 N–H and O–H groups in total. The van der Waals surface area contributed by atoms with Crippen LogP contribution in [0.25, 0.3) is 0 Å².